The fourth-order valence-corrected chi connectivity index (χ4v) is 4.16. The quantitative estimate of drug-likeness (QED) is 0.275. The molecular formula is C25H34F2N2O3Si. The van der Waals surface area contributed by atoms with Gasteiger partial charge in [-0.05, 0) is 31.5 Å². The van der Waals surface area contributed by atoms with Gasteiger partial charge < -0.3 is 19.1 Å². The highest BCUT2D eigenvalue weighted by atomic mass is 28.3. The first-order valence-corrected chi connectivity index (χ1v) is 14.9. The number of aliphatic hydroxyl groups is 1. The number of benzene rings is 2. The number of ether oxygens (including phenoxy) is 2. The van der Waals surface area contributed by atoms with E-state index in [9.17, 15) is 5.11 Å². The van der Waals surface area contributed by atoms with Crippen molar-refractivity contribution in [1.29, 1.82) is 0 Å². The fraction of sp³-hybridized carbons (Fsp3) is 0.480. The maximum Gasteiger partial charge on any atom is 0.302 e. The second kappa shape index (κ2) is 10.0. The van der Waals surface area contributed by atoms with Crippen LogP contribution in [0.4, 0.5) is 8.78 Å². The normalized spacial score (nSPS) is 13.1. The van der Waals surface area contributed by atoms with Crippen LogP contribution >= 0.6 is 0 Å². The van der Waals surface area contributed by atoms with Crippen molar-refractivity contribution in [2.75, 3.05) is 6.61 Å². The number of hydrogen-bond acceptors (Lipinski definition) is 4. The molecule has 0 saturated carbocycles. The van der Waals surface area contributed by atoms with E-state index in [-0.39, 0.29) is 24.4 Å². The van der Waals surface area contributed by atoms with Crippen molar-refractivity contribution in [2.45, 2.75) is 71.0 Å². The maximum absolute atomic E-state index is 15.1. The summed E-state index contributed by atoms with van der Waals surface area (Å²) < 4.78 is 43.7. The second-order valence-corrected chi connectivity index (χ2v) is 15.7. The van der Waals surface area contributed by atoms with E-state index in [1.54, 1.807) is 16.7 Å². The van der Waals surface area contributed by atoms with Crippen molar-refractivity contribution in [2.24, 2.45) is 0 Å². The molecule has 0 aliphatic heterocycles. The van der Waals surface area contributed by atoms with Crippen LogP contribution < -0.4 is 0 Å². The molecule has 0 aliphatic carbocycles. The molecule has 180 valence electrons. The topological polar surface area (TPSA) is 56.5 Å². The SMILES string of the molecule is CC(C)(O)C(F)(F)c1cccc2c1nc(COCc1ccccc1)n2COCC[Si](C)(C)C. The monoisotopic (exact) mass is 476 g/mol. The van der Waals surface area contributed by atoms with E-state index in [1.807, 2.05) is 30.3 Å². The molecule has 0 saturated heterocycles. The molecule has 5 nitrogen and oxygen atoms in total. The zero-order chi connectivity index (χ0) is 24.3. The molecule has 1 N–H and O–H groups in total. The highest BCUT2D eigenvalue weighted by Gasteiger charge is 2.48. The number of para-hydroxylation sites is 1. The Morgan fingerprint density at radius 1 is 0.970 bits per heavy atom. The van der Waals surface area contributed by atoms with Crippen molar-refractivity contribution in [1.82, 2.24) is 9.55 Å². The second-order valence-electron chi connectivity index (χ2n) is 10.1. The number of hydrogen-bond donors (Lipinski definition) is 1. The van der Waals surface area contributed by atoms with E-state index in [0.717, 1.165) is 25.5 Å². The largest absolute Gasteiger partial charge is 0.384 e. The van der Waals surface area contributed by atoms with E-state index in [2.05, 4.69) is 24.6 Å². The lowest BCUT2D eigenvalue weighted by atomic mass is 9.92. The highest BCUT2D eigenvalue weighted by molar-refractivity contribution is 6.76. The number of aromatic nitrogens is 2. The lowest BCUT2D eigenvalue weighted by Crippen LogP contribution is -2.40. The van der Waals surface area contributed by atoms with Crippen LogP contribution in [0.2, 0.25) is 25.7 Å². The van der Waals surface area contributed by atoms with Crippen LogP contribution in [0.3, 0.4) is 0 Å². The summed E-state index contributed by atoms with van der Waals surface area (Å²) in [6.45, 7) is 10.4. The molecular weight excluding hydrogens is 442 g/mol. The minimum atomic E-state index is -3.48. The molecule has 0 atom stereocenters. The Labute approximate surface area is 195 Å². The Balaban J connectivity index is 1.91. The molecule has 3 rings (SSSR count). The number of fused-ring (bicyclic) bond motifs is 1. The van der Waals surface area contributed by atoms with Crippen LogP contribution in [0.5, 0.6) is 0 Å². The van der Waals surface area contributed by atoms with Gasteiger partial charge in [-0.15, -0.1) is 0 Å². The van der Waals surface area contributed by atoms with Crippen LogP contribution in [0.25, 0.3) is 11.0 Å². The van der Waals surface area contributed by atoms with Crippen LogP contribution in [0, 0.1) is 0 Å². The number of nitrogens with zero attached hydrogens (tertiary/aromatic N) is 2. The number of alkyl halides is 2. The van der Waals surface area contributed by atoms with E-state index in [0.29, 0.717) is 24.6 Å². The molecule has 0 bridgehead atoms. The van der Waals surface area contributed by atoms with Crippen molar-refractivity contribution in [3.8, 4) is 0 Å². The Morgan fingerprint density at radius 2 is 1.67 bits per heavy atom. The van der Waals surface area contributed by atoms with E-state index in [4.69, 9.17) is 9.47 Å². The van der Waals surface area contributed by atoms with Gasteiger partial charge in [0.1, 0.15) is 24.8 Å². The summed E-state index contributed by atoms with van der Waals surface area (Å²) in [6.07, 6.45) is 0. The Morgan fingerprint density at radius 3 is 2.30 bits per heavy atom. The molecule has 1 aromatic heterocycles. The summed E-state index contributed by atoms with van der Waals surface area (Å²) in [5.74, 6) is -2.97. The van der Waals surface area contributed by atoms with E-state index in [1.165, 1.54) is 6.07 Å². The van der Waals surface area contributed by atoms with Gasteiger partial charge in [0, 0.05) is 14.7 Å². The number of imidazole rings is 1. The smallest absolute Gasteiger partial charge is 0.302 e. The Kier molecular flexibility index (Phi) is 7.73. The molecule has 0 aliphatic rings. The van der Waals surface area contributed by atoms with Crippen LogP contribution in [0.1, 0.15) is 30.8 Å². The lowest BCUT2D eigenvalue weighted by molar-refractivity contribution is -0.167. The van der Waals surface area contributed by atoms with Crippen molar-refractivity contribution in [3.05, 3.63) is 65.5 Å². The van der Waals surface area contributed by atoms with E-state index >= 15 is 8.78 Å². The summed E-state index contributed by atoms with van der Waals surface area (Å²) in [7, 11) is -1.26. The molecule has 33 heavy (non-hydrogen) atoms. The molecule has 2 aromatic carbocycles. The molecule has 0 spiro atoms. The molecule has 0 amide bonds. The predicted octanol–water partition coefficient (Wildman–Crippen LogP) is 5.93. The van der Waals surface area contributed by atoms with Crippen LogP contribution in [-0.4, -0.2) is 34.9 Å². The summed E-state index contributed by atoms with van der Waals surface area (Å²) >= 11 is 0. The van der Waals surface area contributed by atoms with E-state index < -0.39 is 19.6 Å². The summed E-state index contributed by atoms with van der Waals surface area (Å²) in [5, 5.41) is 10.1. The van der Waals surface area contributed by atoms with Gasteiger partial charge >= 0.3 is 5.92 Å². The lowest BCUT2D eigenvalue weighted by Gasteiger charge is -2.29. The molecule has 8 heteroatoms. The first-order valence-electron chi connectivity index (χ1n) is 11.2. The predicted molar refractivity (Wildman–Crippen MR) is 129 cm³/mol. The molecule has 0 unspecified atom stereocenters. The summed E-state index contributed by atoms with van der Waals surface area (Å²) in [6, 6.07) is 15.4. The van der Waals surface area contributed by atoms with Gasteiger partial charge in [-0.2, -0.15) is 8.78 Å². The van der Waals surface area contributed by atoms with Crippen molar-refractivity contribution < 1.29 is 23.4 Å². The first kappa shape index (κ1) is 25.5. The third-order valence-electron chi connectivity index (χ3n) is 5.52. The third kappa shape index (κ3) is 6.26. The summed E-state index contributed by atoms with van der Waals surface area (Å²) in [4.78, 5) is 4.53. The zero-order valence-electron chi connectivity index (χ0n) is 20.1. The minimum Gasteiger partial charge on any atom is -0.384 e. The Hall–Kier alpha value is -2.13. The maximum atomic E-state index is 15.1. The van der Waals surface area contributed by atoms with Crippen molar-refractivity contribution >= 4 is 19.1 Å². The zero-order valence-corrected chi connectivity index (χ0v) is 21.1. The highest BCUT2D eigenvalue weighted by Crippen LogP contribution is 2.41. The van der Waals surface area contributed by atoms with Gasteiger partial charge in [-0.25, -0.2) is 4.98 Å². The fourth-order valence-electron chi connectivity index (χ4n) is 3.40. The standard InChI is InChI=1S/C25H34F2N2O3Si/c1-24(2,30)25(26,27)20-12-9-13-21-23(20)28-22(17-32-16-19-10-7-6-8-11-19)29(21)18-31-14-15-33(3,4)5/h6-13,30H,14-18H2,1-5H3. The average molecular weight is 477 g/mol. The van der Waals surface area contributed by atoms with Gasteiger partial charge in [-0.3, -0.25) is 0 Å². The van der Waals surface area contributed by atoms with Gasteiger partial charge in [0.25, 0.3) is 0 Å². The van der Waals surface area contributed by atoms with Gasteiger partial charge in [0.05, 0.1) is 23.2 Å². The van der Waals surface area contributed by atoms with Gasteiger partial charge in [0.2, 0.25) is 0 Å². The molecule has 1 heterocycles. The summed E-state index contributed by atoms with van der Waals surface area (Å²) in [5.41, 5.74) is -0.846. The van der Waals surface area contributed by atoms with Crippen molar-refractivity contribution in [3.63, 3.8) is 0 Å². The minimum absolute atomic E-state index is 0.147. The first-order chi connectivity index (χ1) is 15.4. The number of rotatable bonds is 11. The third-order valence-corrected chi connectivity index (χ3v) is 7.23. The average Bonchev–Trinajstić information content (AvgIpc) is 3.08. The van der Waals surface area contributed by atoms with Gasteiger partial charge in [-0.1, -0.05) is 62.1 Å². The molecule has 3 aromatic rings. The Bertz CT molecular complexity index is 1060. The van der Waals surface area contributed by atoms with Crippen LogP contribution in [-0.2, 0) is 35.3 Å². The van der Waals surface area contributed by atoms with Crippen LogP contribution in [0.15, 0.2) is 48.5 Å². The van der Waals surface area contributed by atoms with Gasteiger partial charge in [0.15, 0.2) is 0 Å². The number of halogens is 2. The molecule has 0 fully saturated rings. The molecule has 0 radical (unpaired) electrons.